The van der Waals surface area contributed by atoms with E-state index in [9.17, 15) is 20.1 Å². The summed E-state index contributed by atoms with van der Waals surface area (Å²) in [5.74, 6) is -0.0510. The number of ether oxygens (including phenoxy) is 1. The summed E-state index contributed by atoms with van der Waals surface area (Å²) in [4.78, 5) is 12.5. The maximum atomic E-state index is 12.5. The van der Waals surface area contributed by atoms with E-state index >= 15 is 0 Å². The Kier molecular flexibility index (Phi) is 5.24. The number of benzene rings is 1. The van der Waals surface area contributed by atoms with E-state index in [-0.39, 0.29) is 18.8 Å². The topological polar surface area (TPSA) is 90.9 Å². The van der Waals surface area contributed by atoms with Crippen LogP contribution in [0.1, 0.15) is 27.7 Å². The van der Waals surface area contributed by atoms with E-state index in [2.05, 4.69) is 0 Å². The summed E-state index contributed by atoms with van der Waals surface area (Å²) in [6.45, 7) is 1.61. The van der Waals surface area contributed by atoms with Gasteiger partial charge in [0.05, 0.1) is 12.2 Å². The van der Waals surface area contributed by atoms with Gasteiger partial charge in [-0.2, -0.15) is 4.57 Å². The van der Waals surface area contributed by atoms with Crippen LogP contribution in [0.4, 0.5) is 0 Å². The molecule has 0 unspecified atom stereocenters. The molecular weight excluding hydrogens is 322 g/mol. The summed E-state index contributed by atoms with van der Waals surface area (Å²) in [6.07, 6.45) is -0.516. The molecule has 3 rings (SSSR count). The first-order valence-electron chi connectivity index (χ1n) is 8.21. The Labute approximate surface area is 145 Å². The summed E-state index contributed by atoms with van der Waals surface area (Å²) in [7, 11) is 0. The molecule has 0 spiro atoms. The van der Waals surface area contributed by atoms with Gasteiger partial charge in [0, 0.05) is 12.5 Å². The Balaban J connectivity index is 1.77. The first kappa shape index (κ1) is 17.7. The highest BCUT2D eigenvalue weighted by Crippen LogP contribution is 2.25. The fraction of sp³-hybridized carbons (Fsp3) is 0.368. The van der Waals surface area contributed by atoms with Crippen molar-refractivity contribution in [2.24, 2.45) is 0 Å². The van der Waals surface area contributed by atoms with E-state index in [4.69, 9.17) is 4.74 Å². The smallest absolute Gasteiger partial charge is 0.292 e. The molecule has 6 nitrogen and oxygen atoms in total. The van der Waals surface area contributed by atoms with Crippen LogP contribution in [-0.4, -0.2) is 46.0 Å². The van der Waals surface area contributed by atoms with Crippen LogP contribution in [0.15, 0.2) is 48.8 Å². The van der Waals surface area contributed by atoms with Gasteiger partial charge in [0.15, 0.2) is 24.3 Å². The number of rotatable bonds is 5. The number of ketones is 1. The van der Waals surface area contributed by atoms with Gasteiger partial charge in [-0.3, -0.25) is 4.79 Å². The fourth-order valence-electron chi connectivity index (χ4n) is 2.94. The summed E-state index contributed by atoms with van der Waals surface area (Å²) >= 11 is 0. The van der Waals surface area contributed by atoms with Gasteiger partial charge in [-0.25, -0.2) is 0 Å². The largest absolute Gasteiger partial charge is 0.394 e. The third-order valence-corrected chi connectivity index (χ3v) is 4.44. The van der Waals surface area contributed by atoms with E-state index in [1.165, 1.54) is 0 Å². The number of nitrogens with zero attached hydrogens (tertiary/aromatic N) is 1. The second kappa shape index (κ2) is 7.41. The van der Waals surface area contributed by atoms with Crippen LogP contribution in [0.2, 0.25) is 0 Å². The Morgan fingerprint density at radius 2 is 1.88 bits per heavy atom. The molecule has 2 aromatic rings. The van der Waals surface area contributed by atoms with Crippen molar-refractivity contribution in [3.8, 4) is 0 Å². The zero-order valence-electron chi connectivity index (χ0n) is 13.9. The van der Waals surface area contributed by atoms with Crippen LogP contribution in [0.3, 0.4) is 0 Å². The highest BCUT2D eigenvalue weighted by Gasteiger charge is 2.47. The normalized spacial score (nSPS) is 25.9. The van der Waals surface area contributed by atoms with Crippen LogP contribution in [0, 0.1) is 6.92 Å². The van der Waals surface area contributed by atoms with Gasteiger partial charge < -0.3 is 20.1 Å². The third-order valence-electron chi connectivity index (χ3n) is 4.44. The van der Waals surface area contributed by atoms with Crippen LogP contribution < -0.4 is 4.57 Å². The minimum absolute atomic E-state index is 0.0510. The van der Waals surface area contributed by atoms with Crippen LogP contribution in [-0.2, 0) is 11.2 Å². The second-order valence-corrected chi connectivity index (χ2v) is 6.35. The Bertz CT molecular complexity index is 746. The van der Waals surface area contributed by atoms with Crippen molar-refractivity contribution in [3.05, 3.63) is 65.5 Å². The van der Waals surface area contributed by atoms with Crippen LogP contribution in [0.25, 0.3) is 0 Å². The molecule has 1 saturated heterocycles. The molecule has 0 radical (unpaired) electrons. The van der Waals surface area contributed by atoms with Gasteiger partial charge in [0.25, 0.3) is 6.23 Å². The predicted octanol–water partition coefficient (Wildman–Crippen LogP) is 0.319. The molecule has 1 aromatic carbocycles. The Morgan fingerprint density at radius 1 is 1.16 bits per heavy atom. The molecule has 0 aliphatic carbocycles. The van der Waals surface area contributed by atoms with E-state index < -0.39 is 24.5 Å². The lowest BCUT2D eigenvalue weighted by molar-refractivity contribution is -0.765. The molecule has 25 heavy (non-hydrogen) atoms. The van der Waals surface area contributed by atoms with Crippen LogP contribution >= 0.6 is 0 Å². The molecule has 1 fully saturated rings. The summed E-state index contributed by atoms with van der Waals surface area (Å²) < 4.78 is 7.04. The lowest BCUT2D eigenvalue weighted by atomic mass is 10.0. The van der Waals surface area contributed by atoms with E-state index in [0.717, 1.165) is 11.1 Å². The van der Waals surface area contributed by atoms with Gasteiger partial charge in [-0.1, -0.05) is 29.8 Å². The Hall–Kier alpha value is -2.12. The first-order valence-corrected chi connectivity index (χ1v) is 8.21. The van der Waals surface area contributed by atoms with Crippen molar-refractivity contribution in [2.45, 2.75) is 37.9 Å². The predicted molar refractivity (Wildman–Crippen MR) is 88.9 cm³/mol. The molecule has 2 heterocycles. The highest BCUT2D eigenvalue weighted by molar-refractivity contribution is 5.96. The van der Waals surface area contributed by atoms with E-state index in [1.807, 2.05) is 31.2 Å². The molecule has 0 bridgehead atoms. The van der Waals surface area contributed by atoms with Crippen molar-refractivity contribution in [1.82, 2.24) is 0 Å². The van der Waals surface area contributed by atoms with Gasteiger partial charge in [-0.05, 0) is 18.6 Å². The van der Waals surface area contributed by atoms with Gasteiger partial charge in [0.2, 0.25) is 0 Å². The second-order valence-electron chi connectivity index (χ2n) is 6.35. The van der Waals surface area contributed by atoms with Crippen LogP contribution in [0.5, 0.6) is 0 Å². The van der Waals surface area contributed by atoms with Crippen molar-refractivity contribution >= 4 is 5.78 Å². The van der Waals surface area contributed by atoms with E-state index in [0.29, 0.717) is 5.56 Å². The maximum Gasteiger partial charge on any atom is 0.292 e. The molecule has 4 atom stereocenters. The number of aromatic nitrogens is 1. The lowest BCUT2D eigenvalue weighted by Gasteiger charge is -2.10. The van der Waals surface area contributed by atoms with Crippen molar-refractivity contribution < 1.29 is 29.4 Å². The van der Waals surface area contributed by atoms with Crippen molar-refractivity contribution in [2.75, 3.05) is 6.61 Å². The third kappa shape index (κ3) is 3.77. The summed E-state index contributed by atoms with van der Waals surface area (Å²) in [5, 5.41) is 29.2. The lowest BCUT2D eigenvalue weighted by Crippen LogP contribution is -2.46. The maximum absolute atomic E-state index is 12.5. The SMILES string of the molecule is Cc1ccc(CC(=O)c2ccc[n+]([C@@H]3O[C@H](CO)[C@@H](O)[C@H]3O)c2)cc1. The highest BCUT2D eigenvalue weighted by atomic mass is 16.6. The zero-order chi connectivity index (χ0) is 18.0. The number of carbonyl (C=O) groups excluding carboxylic acids is 1. The van der Waals surface area contributed by atoms with E-state index in [1.54, 1.807) is 29.1 Å². The number of Topliss-reactive ketones (excluding diaryl/α,β-unsaturated/α-hetero) is 1. The molecule has 1 aliphatic heterocycles. The van der Waals surface area contributed by atoms with Gasteiger partial charge in [0.1, 0.15) is 12.2 Å². The number of aliphatic hydroxyl groups is 3. The molecular formula is C19H22NO5+. The minimum Gasteiger partial charge on any atom is -0.394 e. The monoisotopic (exact) mass is 344 g/mol. The first-order chi connectivity index (χ1) is 12.0. The summed E-state index contributed by atoms with van der Waals surface area (Å²) in [6, 6.07) is 11.2. The number of aryl methyl sites for hydroxylation is 1. The molecule has 6 heteroatoms. The fourth-order valence-corrected chi connectivity index (χ4v) is 2.94. The number of carbonyl (C=O) groups is 1. The molecule has 1 aliphatic rings. The molecule has 0 saturated carbocycles. The number of aliphatic hydroxyl groups excluding tert-OH is 3. The minimum atomic E-state index is -1.18. The average molecular weight is 344 g/mol. The van der Waals surface area contributed by atoms with Crippen molar-refractivity contribution in [3.63, 3.8) is 0 Å². The van der Waals surface area contributed by atoms with Gasteiger partial charge >= 0.3 is 0 Å². The standard InChI is InChI=1S/C19H22NO5/c1-12-4-6-13(7-5-12)9-15(22)14-3-2-8-20(10-14)19-18(24)17(23)16(11-21)25-19/h2-8,10,16-19,21,23-24H,9,11H2,1H3/q+1/t16-,17-,18-,19-/m1/s1. The zero-order valence-corrected chi connectivity index (χ0v) is 13.9. The quantitative estimate of drug-likeness (QED) is 0.537. The number of hydrogen-bond acceptors (Lipinski definition) is 5. The summed E-state index contributed by atoms with van der Waals surface area (Å²) in [5.41, 5.74) is 2.55. The van der Waals surface area contributed by atoms with Gasteiger partial charge in [-0.15, -0.1) is 0 Å². The molecule has 1 aromatic heterocycles. The number of hydrogen-bond donors (Lipinski definition) is 3. The number of pyridine rings is 1. The molecule has 0 amide bonds. The molecule has 132 valence electrons. The van der Waals surface area contributed by atoms with Crippen molar-refractivity contribution in [1.29, 1.82) is 0 Å². The Morgan fingerprint density at radius 3 is 2.52 bits per heavy atom. The molecule has 3 N–H and O–H groups in total. The average Bonchev–Trinajstić information content (AvgIpc) is 2.92.